The monoisotopic (exact) mass is 282 g/mol. The van der Waals surface area contributed by atoms with Crippen LogP contribution >= 0.6 is 11.6 Å². The molecule has 0 atom stereocenters. The molecule has 1 aromatic heterocycles. The Labute approximate surface area is 118 Å². The molecule has 2 N–H and O–H groups in total. The van der Waals surface area contributed by atoms with Gasteiger partial charge < -0.3 is 10.5 Å². The molecule has 0 spiro atoms. The molecule has 4 nitrogen and oxygen atoms in total. The van der Waals surface area contributed by atoms with Crippen LogP contribution in [-0.4, -0.2) is 17.1 Å². The number of anilines is 1. The molecule has 1 aliphatic carbocycles. The molecule has 0 bridgehead atoms. The fraction of sp³-hybridized carbons (Fsp3) is 0.571. The third kappa shape index (κ3) is 3.60. The lowest BCUT2D eigenvalue weighted by atomic mass is 9.76. The molecule has 2 rings (SSSR count). The van der Waals surface area contributed by atoms with E-state index < -0.39 is 5.97 Å². The van der Waals surface area contributed by atoms with Crippen molar-refractivity contribution >= 4 is 23.3 Å². The molecule has 1 aliphatic rings. The Morgan fingerprint density at radius 1 is 1.47 bits per heavy atom. The second-order valence-corrected chi connectivity index (χ2v) is 6.25. The number of aromatic nitrogens is 1. The van der Waals surface area contributed by atoms with Crippen molar-refractivity contribution in [2.45, 2.75) is 45.6 Å². The summed E-state index contributed by atoms with van der Waals surface area (Å²) in [5, 5.41) is 0.242. The van der Waals surface area contributed by atoms with Gasteiger partial charge in [0.1, 0.15) is 11.3 Å². The van der Waals surface area contributed by atoms with E-state index in [0.29, 0.717) is 16.7 Å². The summed E-state index contributed by atoms with van der Waals surface area (Å²) < 4.78 is 5.50. The Kier molecular flexibility index (Phi) is 3.99. The molecule has 0 aliphatic heterocycles. The van der Waals surface area contributed by atoms with Crippen LogP contribution in [0.2, 0.25) is 5.15 Å². The Morgan fingerprint density at radius 3 is 2.74 bits per heavy atom. The average Bonchev–Trinajstić information content (AvgIpc) is 2.35. The van der Waals surface area contributed by atoms with E-state index in [9.17, 15) is 4.79 Å². The highest BCUT2D eigenvalue weighted by molar-refractivity contribution is 6.29. The number of nitrogens with zero attached hydrogens (tertiary/aromatic N) is 1. The summed E-state index contributed by atoms with van der Waals surface area (Å²) in [5.41, 5.74) is 6.66. The zero-order valence-corrected chi connectivity index (χ0v) is 12.0. The fourth-order valence-electron chi connectivity index (χ4n) is 2.32. The van der Waals surface area contributed by atoms with Crippen molar-refractivity contribution in [3.63, 3.8) is 0 Å². The van der Waals surface area contributed by atoms with Crippen molar-refractivity contribution in [1.82, 2.24) is 4.98 Å². The summed E-state index contributed by atoms with van der Waals surface area (Å²) in [6.45, 7) is 4.48. The summed E-state index contributed by atoms with van der Waals surface area (Å²) in [4.78, 5) is 15.9. The number of carbonyl (C=O) groups excluding carboxylic acids is 1. The Balaban J connectivity index is 2.00. The zero-order valence-electron chi connectivity index (χ0n) is 11.3. The van der Waals surface area contributed by atoms with Gasteiger partial charge in [0, 0.05) is 0 Å². The van der Waals surface area contributed by atoms with Crippen LogP contribution in [0, 0.1) is 5.41 Å². The van der Waals surface area contributed by atoms with Crippen LogP contribution in [-0.2, 0) is 4.74 Å². The number of ether oxygens (including phenoxy) is 1. The zero-order chi connectivity index (χ0) is 14.0. The summed E-state index contributed by atoms with van der Waals surface area (Å²) >= 11 is 5.77. The Morgan fingerprint density at radius 2 is 2.11 bits per heavy atom. The van der Waals surface area contributed by atoms with E-state index in [1.165, 1.54) is 12.3 Å². The second-order valence-electron chi connectivity index (χ2n) is 5.86. The van der Waals surface area contributed by atoms with Gasteiger partial charge in [-0.2, -0.15) is 0 Å². The largest absolute Gasteiger partial charge is 0.459 e. The maximum atomic E-state index is 12.1. The van der Waals surface area contributed by atoms with Crippen molar-refractivity contribution in [3.8, 4) is 0 Å². The fourth-order valence-corrected chi connectivity index (χ4v) is 2.48. The number of hydrogen-bond donors (Lipinski definition) is 1. The maximum Gasteiger partial charge on any atom is 0.340 e. The van der Waals surface area contributed by atoms with Crippen molar-refractivity contribution in [3.05, 3.63) is 23.0 Å². The van der Waals surface area contributed by atoms with Gasteiger partial charge >= 0.3 is 5.97 Å². The van der Waals surface area contributed by atoms with Gasteiger partial charge in [0.25, 0.3) is 0 Å². The van der Waals surface area contributed by atoms with Gasteiger partial charge in [-0.25, -0.2) is 9.78 Å². The number of esters is 1. The molecule has 1 saturated carbocycles. The van der Waals surface area contributed by atoms with Crippen LogP contribution in [0.15, 0.2) is 12.3 Å². The van der Waals surface area contributed by atoms with Crippen LogP contribution in [0.3, 0.4) is 0 Å². The van der Waals surface area contributed by atoms with Crippen molar-refractivity contribution in [1.29, 1.82) is 0 Å². The van der Waals surface area contributed by atoms with E-state index in [1.807, 2.05) is 0 Å². The van der Waals surface area contributed by atoms with Gasteiger partial charge in [-0.3, -0.25) is 0 Å². The quantitative estimate of drug-likeness (QED) is 0.666. The summed E-state index contributed by atoms with van der Waals surface area (Å²) in [7, 11) is 0. The third-order valence-corrected chi connectivity index (χ3v) is 3.89. The molecule has 1 heterocycles. The average molecular weight is 283 g/mol. The molecule has 1 aromatic rings. The molecule has 0 radical (unpaired) electrons. The Hall–Kier alpha value is -1.29. The molecule has 104 valence electrons. The molecule has 5 heteroatoms. The lowest BCUT2D eigenvalue weighted by Gasteiger charge is -2.33. The van der Waals surface area contributed by atoms with Crippen LogP contribution in [0.4, 0.5) is 5.69 Å². The first-order chi connectivity index (χ1) is 8.87. The summed E-state index contributed by atoms with van der Waals surface area (Å²) in [5.74, 6) is -0.411. The minimum absolute atomic E-state index is 0.0214. The van der Waals surface area contributed by atoms with Gasteiger partial charge in [0.05, 0.1) is 17.4 Å². The predicted octanol–water partition coefficient (Wildman–Crippen LogP) is 3.44. The van der Waals surface area contributed by atoms with Crippen LogP contribution in [0.1, 0.15) is 49.9 Å². The molecular formula is C14H19ClN2O2. The summed E-state index contributed by atoms with van der Waals surface area (Å²) in [6, 6.07) is 1.45. The lowest BCUT2D eigenvalue weighted by Crippen LogP contribution is -2.28. The van der Waals surface area contributed by atoms with Gasteiger partial charge in [0.15, 0.2) is 0 Å². The Bertz CT molecular complexity index is 478. The van der Waals surface area contributed by atoms with Gasteiger partial charge in [-0.1, -0.05) is 25.4 Å². The SMILES string of the molecule is CC1(C)CCC(OC(=O)c2cc(Cl)ncc2N)CC1. The number of hydrogen-bond acceptors (Lipinski definition) is 4. The van der Waals surface area contributed by atoms with Crippen molar-refractivity contribution in [2.24, 2.45) is 5.41 Å². The first-order valence-corrected chi connectivity index (χ1v) is 6.87. The smallest absolute Gasteiger partial charge is 0.340 e. The van der Waals surface area contributed by atoms with E-state index in [1.54, 1.807) is 0 Å². The van der Waals surface area contributed by atoms with Crippen LogP contribution in [0.5, 0.6) is 0 Å². The maximum absolute atomic E-state index is 12.1. The normalized spacial score (nSPS) is 19.1. The first kappa shape index (κ1) is 14.1. The number of nitrogens with two attached hydrogens (primary N) is 1. The molecule has 19 heavy (non-hydrogen) atoms. The molecule has 0 saturated heterocycles. The topological polar surface area (TPSA) is 65.2 Å². The standard InChI is InChI=1S/C14H19ClN2O2/c1-14(2)5-3-9(4-6-14)19-13(18)10-7-12(15)17-8-11(10)16/h7-9H,3-6,16H2,1-2H3. The van der Waals surface area contributed by atoms with Gasteiger partial charge in [-0.05, 0) is 37.2 Å². The molecule has 0 unspecified atom stereocenters. The number of nitrogen functional groups attached to an aromatic ring is 1. The van der Waals surface area contributed by atoms with Crippen LogP contribution in [0.25, 0.3) is 0 Å². The van der Waals surface area contributed by atoms with E-state index in [4.69, 9.17) is 22.1 Å². The number of rotatable bonds is 2. The summed E-state index contributed by atoms with van der Waals surface area (Å²) in [6.07, 6.45) is 5.29. The molecule has 0 aromatic carbocycles. The highest BCUT2D eigenvalue weighted by atomic mass is 35.5. The minimum atomic E-state index is -0.411. The number of pyridine rings is 1. The van der Waals surface area contributed by atoms with Crippen LogP contribution < -0.4 is 5.73 Å². The highest BCUT2D eigenvalue weighted by Crippen LogP contribution is 2.36. The molecule has 0 amide bonds. The minimum Gasteiger partial charge on any atom is -0.459 e. The molecule has 1 fully saturated rings. The van der Waals surface area contributed by atoms with Crippen molar-refractivity contribution in [2.75, 3.05) is 5.73 Å². The van der Waals surface area contributed by atoms with Crippen molar-refractivity contribution < 1.29 is 9.53 Å². The van der Waals surface area contributed by atoms with Gasteiger partial charge in [0.2, 0.25) is 0 Å². The van der Waals surface area contributed by atoms with E-state index in [0.717, 1.165) is 25.7 Å². The van der Waals surface area contributed by atoms with E-state index >= 15 is 0 Å². The third-order valence-electron chi connectivity index (χ3n) is 3.68. The second kappa shape index (κ2) is 5.37. The highest BCUT2D eigenvalue weighted by Gasteiger charge is 2.29. The van der Waals surface area contributed by atoms with E-state index in [-0.39, 0.29) is 11.3 Å². The number of halogens is 1. The lowest BCUT2D eigenvalue weighted by molar-refractivity contribution is 0.00961. The first-order valence-electron chi connectivity index (χ1n) is 6.49. The predicted molar refractivity (Wildman–Crippen MR) is 75.1 cm³/mol. The molecular weight excluding hydrogens is 264 g/mol. The van der Waals surface area contributed by atoms with E-state index in [2.05, 4.69) is 18.8 Å². The number of carbonyl (C=O) groups is 1. The van der Waals surface area contributed by atoms with Gasteiger partial charge in [-0.15, -0.1) is 0 Å².